The zero-order valence-corrected chi connectivity index (χ0v) is 13.8. The van der Waals surface area contributed by atoms with Gasteiger partial charge in [0.05, 0.1) is 34.2 Å². The lowest BCUT2D eigenvalue weighted by Crippen LogP contribution is -2.07. The fourth-order valence-electron chi connectivity index (χ4n) is 1.82. The fraction of sp³-hybridized carbons (Fsp3) is 0.308. The van der Waals surface area contributed by atoms with Gasteiger partial charge in [0.25, 0.3) is 0 Å². The summed E-state index contributed by atoms with van der Waals surface area (Å²) in [6.07, 6.45) is 2.36. The smallest absolute Gasteiger partial charge is 0.333 e. The summed E-state index contributed by atoms with van der Waals surface area (Å²) in [5.41, 5.74) is 2.49. The van der Waals surface area contributed by atoms with Crippen molar-refractivity contribution in [2.24, 2.45) is 8.73 Å². The Bertz CT molecular complexity index is 682. The quantitative estimate of drug-likeness (QED) is 0.634. The minimum absolute atomic E-state index is 0.332. The minimum Gasteiger partial charge on any atom is -0.466 e. The van der Waals surface area contributed by atoms with Crippen molar-refractivity contribution in [3.8, 4) is 0 Å². The first-order valence-electron chi connectivity index (χ1n) is 6.20. The number of rotatable bonds is 5. The monoisotopic (exact) mass is 345 g/mol. The standard InChI is InChI=1S/C13H13Cl2N3O2S/c1-3-7(13(19)20-2)4-5-16-10-8(14)6-9(15)11-12(10)18-21-17-11/h4,6,16H,3,5H2,1-2H3. The molecule has 1 aliphatic heterocycles. The summed E-state index contributed by atoms with van der Waals surface area (Å²) in [5.74, 6) is -0.332. The number of anilines is 1. The third-order valence-electron chi connectivity index (χ3n) is 2.90. The van der Waals surface area contributed by atoms with Crippen molar-refractivity contribution in [3.05, 3.63) is 27.8 Å². The second kappa shape index (κ2) is 7.06. The van der Waals surface area contributed by atoms with E-state index >= 15 is 0 Å². The lowest BCUT2D eigenvalue weighted by Gasteiger charge is -2.11. The maximum atomic E-state index is 11.5. The number of halogens is 2. The summed E-state index contributed by atoms with van der Waals surface area (Å²) in [6, 6.07) is 1.62. The molecule has 5 nitrogen and oxygen atoms in total. The predicted molar refractivity (Wildman–Crippen MR) is 86.9 cm³/mol. The molecule has 112 valence electrons. The normalized spacial score (nSPS) is 12.9. The minimum atomic E-state index is -0.332. The molecular weight excluding hydrogens is 333 g/mol. The van der Waals surface area contributed by atoms with Crippen molar-refractivity contribution < 1.29 is 9.53 Å². The van der Waals surface area contributed by atoms with E-state index < -0.39 is 0 Å². The van der Waals surface area contributed by atoms with Gasteiger partial charge in [0.15, 0.2) is 0 Å². The van der Waals surface area contributed by atoms with E-state index in [0.29, 0.717) is 45.6 Å². The van der Waals surface area contributed by atoms with Gasteiger partial charge in [-0.05, 0) is 12.5 Å². The van der Waals surface area contributed by atoms with E-state index in [9.17, 15) is 4.79 Å². The molecule has 0 aromatic heterocycles. The Labute approximate surface area is 136 Å². The number of hydrogen-bond donors (Lipinski definition) is 1. The molecule has 1 aromatic carbocycles. The van der Waals surface area contributed by atoms with Crippen LogP contribution in [-0.2, 0) is 20.9 Å². The molecule has 0 saturated carbocycles. The summed E-state index contributed by atoms with van der Waals surface area (Å²) in [4.78, 5) is 11.5. The number of ether oxygens (including phenoxy) is 1. The Morgan fingerprint density at radius 1 is 1.38 bits per heavy atom. The van der Waals surface area contributed by atoms with Crippen LogP contribution in [0.1, 0.15) is 13.3 Å². The molecule has 1 aromatic rings. The van der Waals surface area contributed by atoms with Crippen molar-refractivity contribution >= 4 is 57.6 Å². The number of hydrogen-bond acceptors (Lipinski definition) is 5. The predicted octanol–water partition coefficient (Wildman–Crippen LogP) is 4.64. The number of carbonyl (C=O) groups is 1. The van der Waals surface area contributed by atoms with Crippen molar-refractivity contribution in [1.82, 2.24) is 0 Å². The van der Waals surface area contributed by atoms with Crippen LogP contribution in [0.5, 0.6) is 0 Å². The van der Waals surface area contributed by atoms with Gasteiger partial charge in [0.1, 0.15) is 11.4 Å². The molecule has 0 spiro atoms. The molecular formula is C13H13Cl2N3O2S. The van der Waals surface area contributed by atoms with Crippen LogP contribution in [0.2, 0.25) is 10.0 Å². The molecule has 1 aliphatic rings. The van der Waals surface area contributed by atoms with E-state index in [-0.39, 0.29) is 5.97 Å². The lowest BCUT2D eigenvalue weighted by molar-refractivity contribution is -0.136. The SMILES string of the molecule is CCC(=CCNc1c(Cl)cc(Cl)c2c1N=S=N2)C(=O)OC. The maximum Gasteiger partial charge on any atom is 0.333 e. The Hall–Kier alpha value is -1.37. The number of nitrogens with one attached hydrogen (secondary N) is 1. The van der Waals surface area contributed by atoms with Crippen LogP contribution in [-0.4, -0.2) is 19.6 Å². The van der Waals surface area contributed by atoms with Crippen LogP contribution in [0.3, 0.4) is 0 Å². The van der Waals surface area contributed by atoms with Crippen LogP contribution < -0.4 is 5.32 Å². The first-order valence-corrected chi connectivity index (χ1v) is 7.68. The van der Waals surface area contributed by atoms with Crippen molar-refractivity contribution in [2.75, 3.05) is 19.0 Å². The molecule has 0 saturated heterocycles. The van der Waals surface area contributed by atoms with E-state index in [2.05, 4.69) is 14.0 Å². The van der Waals surface area contributed by atoms with Gasteiger partial charge in [-0.25, -0.2) is 4.79 Å². The number of methoxy groups -OCH3 is 1. The number of nitrogens with zero attached hydrogens (tertiary/aromatic N) is 2. The number of fused-ring (bicyclic) bond motifs is 1. The first kappa shape index (κ1) is 16.0. The number of benzene rings is 1. The van der Waals surface area contributed by atoms with E-state index in [0.717, 1.165) is 11.4 Å². The largest absolute Gasteiger partial charge is 0.466 e. The average Bonchev–Trinajstić information content (AvgIpc) is 2.95. The topological polar surface area (TPSA) is 63.0 Å². The maximum absolute atomic E-state index is 11.5. The van der Waals surface area contributed by atoms with Crippen molar-refractivity contribution in [1.29, 1.82) is 0 Å². The van der Waals surface area contributed by atoms with Crippen LogP contribution in [0.25, 0.3) is 0 Å². The van der Waals surface area contributed by atoms with E-state index in [1.807, 2.05) is 6.92 Å². The highest BCUT2D eigenvalue weighted by Gasteiger charge is 2.18. The van der Waals surface area contributed by atoms with E-state index in [1.165, 1.54) is 7.11 Å². The van der Waals surface area contributed by atoms with Crippen molar-refractivity contribution in [2.45, 2.75) is 13.3 Å². The second-order valence-electron chi connectivity index (χ2n) is 4.13. The molecule has 0 radical (unpaired) electrons. The van der Waals surface area contributed by atoms with Crippen molar-refractivity contribution in [3.63, 3.8) is 0 Å². The van der Waals surface area contributed by atoms with Crippen LogP contribution in [0, 0.1) is 0 Å². The summed E-state index contributed by atoms with van der Waals surface area (Å²) < 4.78 is 13.0. The highest BCUT2D eigenvalue weighted by molar-refractivity contribution is 7.58. The molecule has 0 amide bonds. The van der Waals surface area contributed by atoms with Gasteiger partial charge in [-0.15, -0.1) is 0 Å². The van der Waals surface area contributed by atoms with Gasteiger partial charge < -0.3 is 10.1 Å². The van der Waals surface area contributed by atoms with Gasteiger partial charge in [0.2, 0.25) is 0 Å². The molecule has 0 aliphatic carbocycles. The summed E-state index contributed by atoms with van der Waals surface area (Å²) >= 11 is 13.3. The number of esters is 1. The first-order chi connectivity index (χ1) is 10.1. The van der Waals surface area contributed by atoms with Crippen LogP contribution in [0.15, 0.2) is 26.4 Å². The van der Waals surface area contributed by atoms with Crippen LogP contribution in [0.4, 0.5) is 17.1 Å². The molecule has 1 heterocycles. The Balaban J connectivity index is 2.19. The summed E-state index contributed by atoms with van der Waals surface area (Å²) in [5, 5.41) is 4.07. The van der Waals surface area contributed by atoms with E-state index in [1.54, 1.807) is 12.1 Å². The third-order valence-corrected chi connectivity index (χ3v) is 4.01. The van der Waals surface area contributed by atoms with Crippen LogP contribution >= 0.6 is 23.2 Å². The van der Waals surface area contributed by atoms with Gasteiger partial charge in [-0.3, -0.25) is 0 Å². The molecule has 8 heteroatoms. The average molecular weight is 346 g/mol. The molecule has 1 N–H and O–H groups in total. The highest BCUT2D eigenvalue weighted by atomic mass is 35.5. The molecule has 21 heavy (non-hydrogen) atoms. The Morgan fingerprint density at radius 3 is 2.76 bits per heavy atom. The van der Waals surface area contributed by atoms with Gasteiger partial charge in [-0.1, -0.05) is 36.2 Å². The fourth-order valence-corrected chi connectivity index (χ4v) is 3.00. The second-order valence-corrected chi connectivity index (χ2v) is 5.47. The van der Waals surface area contributed by atoms with E-state index in [4.69, 9.17) is 27.9 Å². The Kier molecular flexibility index (Phi) is 5.39. The van der Waals surface area contributed by atoms with Gasteiger partial charge in [0, 0.05) is 12.1 Å². The molecule has 0 unspecified atom stereocenters. The zero-order chi connectivity index (χ0) is 15.4. The van der Waals surface area contributed by atoms with Gasteiger partial charge >= 0.3 is 5.97 Å². The van der Waals surface area contributed by atoms with Gasteiger partial charge in [-0.2, -0.15) is 8.73 Å². The molecule has 0 atom stereocenters. The zero-order valence-electron chi connectivity index (χ0n) is 11.4. The molecule has 2 rings (SSSR count). The number of carbonyl (C=O) groups excluding carboxylic acids is 1. The summed E-state index contributed by atoms with van der Waals surface area (Å²) in [7, 11) is 1.36. The highest BCUT2D eigenvalue weighted by Crippen LogP contribution is 2.47. The Morgan fingerprint density at radius 2 is 2.10 bits per heavy atom. The summed E-state index contributed by atoms with van der Waals surface area (Å²) in [6.45, 7) is 2.31. The lowest BCUT2D eigenvalue weighted by atomic mass is 10.2. The third kappa shape index (κ3) is 3.45. The molecule has 0 bridgehead atoms. The molecule has 0 fully saturated rings.